The number of amides is 2. The Kier molecular flexibility index (Phi) is 6.16. The van der Waals surface area contributed by atoms with Gasteiger partial charge in [-0.1, -0.05) is 29.8 Å². The van der Waals surface area contributed by atoms with E-state index in [1.54, 1.807) is 7.11 Å². The van der Waals surface area contributed by atoms with Gasteiger partial charge >= 0.3 is 6.03 Å². The number of rotatable bonds is 4. The van der Waals surface area contributed by atoms with Crippen LogP contribution in [0.1, 0.15) is 35.6 Å². The van der Waals surface area contributed by atoms with E-state index in [0.29, 0.717) is 18.0 Å². The highest BCUT2D eigenvalue weighted by molar-refractivity contribution is 5.91. The Bertz CT molecular complexity index is 1080. The van der Waals surface area contributed by atoms with Crippen molar-refractivity contribution >= 4 is 11.7 Å². The molecule has 2 aromatic carbocycles. The van der Waals surface area contributed by atoms with Crippen molar-refractivity contribution < 1.29 is 9.53 Å². The van der Waals surface area contributed by atoms with Crippen LogP contribution in [0.3, 0.4) is 0 Å². The van der Waals surface area contributed by atoms with Gasteiger partial charge in [0.05, 0.1) is 12.8 Å². The minimum Gasteiger partial charge on any atom is -0.495 e. The molecule has 6 nitrogen and oxygen atoms in total. The third-order valence-electron chi connectivity index (χ3n) is 5.68. The van der Waals surface area contributed by atoms with Crippen molar-refractivity contribution in [3.63, 3.8) is 0 Å². The van der Waals surface area contributed by atoms with Gasteiger partial charge in [0.15, 0.2) is 5.82 Å². The fraction of sp³-hybridized carbons (Fsp3) is 0.320. The summed E-state index contributed by atoms with van der Waals surface area (Å²) in [6, 6.07) is 15.8. The van der Waals surface area contributed by atoms with Gasteiger partial charge in [-0.25, -0.2) is 14.8 Å². The maximum Gasteiger partial charge on any atom is 0.321 e. The first-order valence-electron chi connectivity index (χ1n) is 10.6. The van der Waals surface area contributed by atoms with Gasteiger partial charge in [0.25, 0.3) is 0 Å². The van der Waals surface area contributed by atoms with E-state index >= 15 is 0 Å². The number of ether oxygens (including phenoxy) is 1. The van der Waals surface area contributed by atoms with E-state index in [9.17, 15) is 4.79 Å². The zero-order chi connectivity index (χ0) is 21.8. The fourth-order valence-electron chi connectivity index (χ4n) is 4.04. The second-order valence-electron chi connectivity index (χ2n) is 8.09. The van der Waals surface area contributed by atoms with Crippen molar-refractivity contribution in [1.29, 1.82) is 0 Å². The molecule has 2 heterocycles. The Labute approximate surface area is 183 Å². The number of anilines is 1. The first-order valence-corrected chi connectivity index (χ1v) is 10.6. The Balaban J connectivity index is 1.49. The number of likely N-dealkylation sites (tertiary alicyclic amines) is 1. The van der Waals surface area contributed by atoms with Crippen molar-refractivity contribution in [2.24, 2.45) is 0 Å². The second-order valence-corrected chi connectivity index (χ2v) is 8.09. The smallest absolute Gasteiger partial charge is 0.321 e. The third-order valence-corrected chi connectivity index (χ3v) is 5.68. The number of nitrogens with zero attached hydrogens (tertiary/aromatic N) is 3. The molecule has 2 amide bonds. The van der Waals surface area contributed by atoms with E-state index in [4.69, 9.17) is 9.72 Å². The minimum atomic E-state index is -0.110. The summed E-state index contributed by atoms with van der Waals surface area (Å²) >= 11 is 0. The number of benzene rings is 2. The zero-order valence-corrected chi connectivity index (χ0v) is 18.3. The van der Waals surface area contributed by atoms with Crippen LogP contribution in [0.2, 0.25) is 0 Å². The predicted octanol–water partition coefficient (Wildman–Crippen LogP) is 5.18. The molecular weight excluding hydrogens is 388 g/mol. The summed E-state index contributed by atoms with van der Waals surface area (Å²) in [5.41, 5.74) is 4.94. The number of carbonyl (C=O) groups excluding carboxylic acids is 1. The highest BCUT2D eigenvalue weighted by Crippen LogP contribution is 2.29. The average molecular weight is 417 g/mol. The number of hydrogen-bond donors (Lipinski definition) is 1. The maximum atomic E-state index is 13.0. The lowest BCUT2D eigenvalue weighted by atomic mass is 9.94. The SMILES string of the molecule is COc1ccc(C)cc1NC(=O)N1CCCC(c2ccnc(-c3cccc(C)c3)n2)C1. The van der Waals surface area contributed by atoms with Crippen LogP contribution in [-0.4, -0.2) is 41.1 Å². The van der Waals surface area contributed by atoms with Gasteiger partial charge in [0.1, 0.15) is 5.75 Å². The largest absolute Gasteiger partial charge is 0.495 e. The van der Waals surface area contributed by atoms with Gasteiger partial charge in [0.2, 0.25) is 0 Å². The number of aryl methyl sites for hydroxylation is 2. The van der Waals surface area contributed by atoms with E-state index in [1.165, 1.54) is 5.56 Å². The Morgan fingerprint density at radius 3 is 2.77 bits per heavy atom. The lowest BCUT2D eigenvalue weighted by Crippen LogP contribution is -2.41. The monoisotopic (exact) mass is 416 g/mol. The number of carbonyl (C=O) groups is 1. The summed E-state index contributed by atoms with van der Waals surface area (Å²) in [7, 11) is 1.61. The quantitative estimate of drug-likeness (QED) is 0.636. The Hall–Kier alpha value is -3.41. The third kappa shape index (κ3) is 4.85. The topological polar surface area (TPSA) is 67.3 Å². The minimum absolute atomic E-state index is 0.110. The van der Waals surface area contributed by atoms with Gasteiger partial charge in [-0.2, -0.15) is 0 Å². The molecule has 3 aromatic rings. The van der Waals surface area contributed by atoms with E-state index in [2.05, 4.69) is 29.4 Å². The molecule has 0 bridgehead atoms. The summed E-state index contributed by atoms with van der Waals surface area (Å²) in [5, 5.41) is 3.02. The molecule has 1 atom stereocenters. The Morgan fingerprint density at radius 1 is 1.13 bits per heavy atom. The summed E-state index contributed by atoms with van der Waals surface area (Å²) in [6.45, 7) is 5.41. The van der Waals surface area contributed by atoms with E-state index in [1.807, 2.05) is 54.4 Å². The molecular formula is C25H28N4O2. The van der Waals surface area contributed by atoms with Crippen LogP contribution in [0.4, 0.5) is 10.5 Å². The molecule has 0 aliphatic carbocycles. The van der Waals surface area contributed by atoms with Crippen molar-refractivity contribution in [3.8, 4) is 17.1 Å². The number of hydrogen-bond acceptors (Lipinski definition) is 4. The molecule has 0 radical (unpaired) electrons. The molecule has 6 heteroatoms. The molecule has 31 heavy (non-hydrogen) atoms. The van der Waals surface area contributed by atoms with Crippen LogP contribution < -0.4 is 10.1 Å². The van der Waals surface area contributed by atoms with Crippen molar-refractivity contribution in [2.45, 2.75) is 32.6 Å². The van der Waals surface area contributed by atoms with Crippen molar-refractivity contribution in [2.75, 3.05) is 25.5 Å². The first kappa shape index (κ1) is 20.8. The summed E-state index contributed by atoms with van der Waals surface area (Å²) in [4.78, 5) is 24.1. The number of piperidine rings is 1. The highest BCUT2D eigenvalue weighted by atomic mass is 16.5. The Morgan fingerprint density at radius 2 is 1.97 bits per heavy atom. The summed E-state index contributed by atoms with van der Waals surface area (Å²) in [5.74, 6) is 1.57. The number of urea groups is 1. The molecule has 1 unspecified atom stereocenters. The standard InChI is InChI=1S/C25H28N4O2/c1-17-6-4-7-19(14-17)24-26-12-11-21(27-24)20-8-5-13-29(16-20)25(30)28-22-15-18(2)9-10-23(22)31-3/h4,6-7,9-12,14-15,20H,5,8,13,16H2,1-3H3,(H,28,30). The summed E-state index contributed by atoms with van der Waals surface area (Å²) < 4.78 is 5.39. The van der Waals surface area contributed by atoms with Crippen LogP contribution >= 0.6 is 0 Å². The molecule has 1 aliphatic heterocycles. The van der Waals surface area contributed by atoms with Gasteiger partial charge < -0.3 is 15.0 Å². The van der Waals surface area contributed by atoms with Gasteiger partial charge in [-0.05, 0) is 56.5 Å². The molecule has 1 N–H and O–H groups in total. The van der Waals surface area contributed by atoms with Gasteiger partial charge in [0, 0.05) is 36.5 Å². The maximum absolute atomic E-state index is 13.0. The van der Waals surface area contributed by atoms with E-state index < -0.39 is 0 Å². The average Bonchev–Trinajstić information content (AvgIpc) is 2.79. The van der Waals surface area contributed by atoms with E-state index in [0.717, 1.165) is 42.0 Å². The molecule has 1 aliphatic rings. The first-order chi connectivity index (χ1) is 15.0. The molecule has 1 aromatic heterocycles. The molecule has 160 valence electrons. The number of nitrogens with one attached hydrogen (secondary N) is 1. The van der Waals surface area contributed by atoms with Crippen LogP contribution in [0, 0.1) is 13.8 Å². The zero-order valence-electron chi connectivity index (χ0n) is 18.3. The van der Waals surface area contributed by atoms with Crippen LogP contribution in [0.15, 0.2) is 54.7 Å². The molecule has 1 fully saturated rings. The highest BCUT2D eigenvalue weighted by Gasteiger charge is 2.26. The normalized spacial score (nSPS) is 16.1. The lowest BCUT2D eigenvalue weighted by Gasteiger charge is -2.32. The number of aromatic nitrogens is 2. The molecule has 1 saturated heterocycles. The fourth-order valence-corrected chi connectivity index (χ4v) is 4.04. The van der Waals surface area contributed by atoms with Crippen molar-refractivity contribution in [1.82, 2.24) is 14.9 Å². The molecule has 4 rings (SSSR count). The van der Waals surface area contributed by atoms with E-state index in [-0.39, 0.29) is 11.9 Å². The van der Waals surface area contributed by atoms with Gasteiger partial charge in [-0.15, -0.1) is 0 Å². The number of methoxy groups -OCH3 is 1. The molecule has 0 spiro atoms. The van der Waals surface area contributed by atoms with Crippen molar-refractivity contribution in [3.05, 3.63) is 71.5 Å². The van der Waals surface area contributed by atoms with Crippen LogP contribution in [0.5, 0.6) is 5.75 Å². The predicted molar refractivity (Wildman–Crippen MR) is 123 cm³/mol. The second kappa shape index (κ2) is 9.16. The van der Waals surface area contributed by atoms with Crippen LogP contribution in [0.25, 0.3) is 11.4 Å². The van der Waals surface area contributed by atoms with Crippen LogP contribution in [-0.2, 0) is 0 Å². The lowest BCUT2D eigenvalue weighted by molar-refractivity contribution is 0.192. The molecule has 0 saturated carbocycles. The summed E-state index contributed by atoms with van der Waals surface area (Å²) in [6.07, 6.45) is 3.76. The van der Waals surface area contributed by atoms with Gasteiger partial charge in [-0.3, -0.25) is 0 Å².